The van der Waals surface area contributed by atoms with E-state index in [4.69, 9.17) is 0 Å². The van der Waals surface area contributed by atoms with Gasteiger partial charge in [-0.15, -0.1) is 0 Å². The number of rotatable bonds is 5. The van der Waals surface area contributed by atoms with Crippen LogP contribution in [-0.2, 0) is 23.9 Å². The Morgan fingerprint density at radius 1 is 1.20 bits per heavy atom. The second kappa shape index (κ2) is 10.3. The highest BCUT2D eigenvalue weighted by Crippen LogP contribution is 2.60. The van der Waals surface area contributed by atoms with E-state index in [0.29, 0.717) is 22.9 Å². The number of aromatic nitrogens is 4. The first-order valence-corrected chi connectivity index (χ1v) is 14.4. The minimum absolute atomic E-state index is 0.0272. The van der Waals surface area contributed by atoms with E-state index in [9.17, 15) is 19.5 Å². The van der Waals surface area contributed by atoms with Crippen molar-refractivity contribution in [2.24, 2.45) is 18.4 Å². The van der Waals surface area contributed by atoms with Crippen molar-refractivity contribution in [3.8, 4) is 16.9 Å². The van der Waals surface area contributed by atoms with Crippen LogP contribution in [0.5, 0.6) is 0 Å². The SMILES string of the molecule is C=C1CN(C)C[C@]12C[C@H]2C(=O)Nc1cc(-c2ccnc(-n3ncc4cc(C(C)(C)C)cc(F)c4c3=O)c2CO)cn(C)c1=O. The predicted octanol–water partition coefficient (Wildman–Crippen LogP) is 3.52. The van der Waals surface area contributed by atoms with E-state index in [0.717, 1.165) is 28.9 Å². The van der Waals surface area contributed by atoms with Crippen LogP contribution < -0.4 is 16.4 Å². The van der Waals surface area contributed by atoms with E-state index in [2.05, 4.69) is 26.9 Å². The van der Waals surface area contributed by atoms with Crippen LogP contribution in [0.3, 0.4) is 0 Å². The highest BCUT2D eigenvalue weighted by Gasteiger charge is 2.62. The molecular weight excluding hydrogens is 563 g/mol. The minimum atomic E-state index is -0.717. The second-order valence-corrected chi connectivity index (χ2v) is 13.1. The molecule has 6 rings (SSSR count). The number of carbonyl (C=O) groups is 1. The molecule has 11 heteroatoms. The molecule has 1 aromatic carbocycles. The van der Waals surface area contributed by atoms with Crippen LogP contribution in [0.4, 0.5) is 10.1 Å². The fraction of sp³-hybridized carbons (Fsp3) is 0.364. The summed E-state index contributed by atoms with van der Waals surface area (Å²) in [5, 5.41) is 17.8. The highest BCUT2D eigenvalue weighted by atomic mass is 19.1. The van der Waals surface area contributed by atoms with Gasteiger partial charge in [0.15, 0.2) is 5.82 Å². The van der Waals surface area contributed by atoms with Crippen molar-refractivity contribution in [2.45, 2.75) is 39.2 Å². The molecular formula is C33H35FN6O4. The first kappa shape index (κ1) is 29.6. The Bertz CT molecular complexity index is 1990. The zero-order chi connectivity index (χ0) is 31.7. The molecule has 4 heterocycles. The number of nitrogens with zero attached hydrogens (tertiary/aromatic N) is 5. The molecule has 2 atom stereocenters. The number of aryl methyl sites for hydroxylation is 1. The van der Waals surface area contributed by atoms with Crippen LogP contribution in [0, 0.1) is 17.2 Å². The van der Waals surface area contributed by atoms with Crippen molar-refractivity contribution in [2.75, 3.05) is 25.5 Å². The van der Waals surface area contributed by atoms with Gasteiger partial charge in [-0.2, -0.15) is 9.78 Å². The van der Waals surface area contributed by atoms with E-state index < -0.39 is 23.5 Å². The van der Waals surface area contributed by atoms with Crippen LogP contribution in [0.15, 0.2) is 64.6 Å². The van der Waals surface area contributed by atoms with Crippen molar-refractivity contribution in [1.82, 2.24) is 24.2 Å². The van der Waals surface area contributed by atoms with Gasteiger partial charge in [-0.05, 0) is 54.3 Å². The molecule has 2 aliphatic rings. The first-order chi connectivity index (χ1) is 20.7. The van der Waals surface area contributed by atoms with Gasteiger partial charge in [0.05, 0.1) is 18.2 Å². The summed E-state index contributed by atoms with van der Waals surface area (Å²) in [6.07, 6.45) is 5.12. The molecule has 10 nitrogen and oxygen atoms in total. The quantitative estimate of drug-likeness (QED) is 0.337. The number of halogens is 1. The molecule has 0 unspecified atom stereocenters. The maximum atomic E-state index is 15.3. The highest BCUT2D eigenvalue weighted by molar-refractivity contribution is 5.96. The van der Waals surface area contributed by atoms with E-state index in [1.165, 1.54) is 23.0 Å². The molecule has 3 aromatic heterocycles. The third-order valence-corrected chi connectivity index (χ3v) is 8.96. The Kier molecular flexibility index (Phi) is 6.93. The number of nitrogens with one attached hydrogen (secondary N) is 1. The number of amides is 1. The third-order valence-electron chi connectivity index (χ3n) is 8.96. The zero-order valence-corrected chi connectivity index (χ0v) is 25.4. The van der Waals surface area contributed by atoms with Gasteiger partial charge >= 0.3 is 0 Å². The van der Waals surface area contributed by atoms with Crippen molar-refractivity contribution in [3.63, 3.8) is 0 Å². The second-order valence-electron chi connectivity index (χ2n) is 13.1. The topological polar surface area (TPSA) is 122 Å². The number of likely N-dealkylation sites (tertiary alicyclic amines) is 1. The lowest BCUT2D eigenvalue weighted by molar-refractivity contribution is -0.117. The molecule has 4 aromatic rings. The van der Waals surface area contributed by atoms with Crippen molar-refractivity contribution in [3.05, 3.63) is 92.7 Å². The van der Waals surface area contributed by atoms with Crippen LogP contribution in [0.25, 0.3) is 27.7 Å². The van der Waals surface area contributed by atoms with Gasteiger partial charge in [0.2, 0.25) is 5.91 Å². The number of aliphatic hydroxyl groups excluding tert-OH is 1. The maximum Gasteiger partial charge on any atom is 0.283 e. The van der Waals surface area contributed by atoms with Gasteiger partial charge in [0.1, 0.15) is 11.5 Å². The smallest absolute Gasteiger partial charge is 0.283 e. The lowest BCUT2D eigenvalue weighted by Gasteiger charge is -2.20. The summed E-state index contributed by atoms with van der Waals surface area (Å²) in [7, 11) is 3.56. The fourth-order valence-electron chi connectivity index (χ4n) is 6.42. The van der Waals surface area contributed by atoms with Crippen molar-refractivity contribution in [1.29, 1.82) is 0 Å². The summed E-state index contributed by atoms with van der Waals surface area (Å²) in [6.45, 7) is 11.0. The van der Waals surface area contributed by atoms with E-state index in [1.54, 1.807) is 31.4 Å². The Morgan fingerprint density at radius 3 is 2.61 bits per heavy atom. The lowest BCUT2D eigenvalue weighted by Crippen LogP contribution is -2.27. The van der Waals surface area contributed by atoms with E-state index >= 15 is 4.39 Å². The van der Waals surface area contributed by atoms with E-state index in [1.807, 2.05) is 27.8 Å². The molecule has 1 aliphatic carbocycles. The summed E-state index contributed by atoms with van der Waals surface area (Å²) in [4.78, 5) is 46.3. The molecule has 1 aliphatic heterocycles. The summed E-state index contributed by atoms with van der Waals surface area (Å²) >= 11 is 0. The summed E-state index contributed by atoms with van der Waals surface area (Å²) in [5.74, 6) is -1.14. The number of likely N-dealkylation sites (N-methyl/N-ethyl adjacent to an activating group) is 1. The summed E-state index contributed by atoms with van der Waals surface area (Å²) in [5.41, 5.74) is 1.37. The Balaban J connectivity index is 1.39. The normalized spacial score (nSPS) is 20.1. The zero-order valence-electron chi connectivity index (χ0n) is 25.4. The van der Waals surface area contributed by atoms with Crippen molar-refractivity contribution >= 4 is 22.4 Å². The fourth-order valence-corrected chi connectivity index (χ4v) is 6.42. The third kappa shape index (κ3) is 4.76. The standard InChI is InChI=1S/C33H35FN6O4/c1-18-14-38(5)17-33(18)12-24(33)29(42)37-26-10-20(15-39(6)30(26)43)22-7-8-35-28(23(22)16-41)40-31(44)27-19(13-36-40)9-21(11-25(27)34)32(2,3)4/h7-11,13,15,24,41H,1,12,14,16-17H2,2-6H3,(H,37,42)/t24-,33+/m0/s1. The number of anilines is 1. The molecule has 0 bridgehead atoms. The van der Waals surface area contributed by atoms with Crippen LogP contribution in [0.1, 0.15) is 38.3 Å². The van der Waals surface area contributed by atoms with Gasteiger partial charge in [-0.1, -0.05) is 32.9 Å². The molecule has 1 saturated carbocycles. The first-order valence-electron chi connectivity index (χ1n) is 14.4. The van der Waals surface area contributed by atoms with Gasteiger partial charge < -0.3 is 19.9 Å². The number of pyridine rings is 2. The van der Waals surface area contributed by atoms with Crippen molar-refractivity contribution < 1.29 is 14.3 Å². The number of hydrogen-bond acceptors (Lipinski definition) is 7. The largest absolute Gasteiger partial charge is 0.392 e. The molecule has 2 fully saturated rings. The molecule has 1 spiro atoms. The number of aliphatic hydroxyl groups is 1. The van der Waals surface area contributed by atoms with Crippen LogP contribution >= 0.6 is 0 Å². The number of fused-ring (bicyclic) bond motifs is 1. The Labute approximate surface area is 253 Å². The monoisotopic (exact) mass is 598 g/mol. The molecule has 2 N–H and O–H groups in total. The predicted molar refractivity (Wildman–Crippen MR) is 166 cm³/mol. The van der Waals surface area contributed by atoms with E-state index in [-0.39, 0.29) is 45.1 Å². The summed E-state index contributed by atoms with van der Waals surface area (Å²) in [6, 6.07) is 6.29. The summed E-state index contributed by atoms with van der Waals surface area (Å²) < 4.78 is 17.6. The molecule has 44 heavy (non-hydrogen) atoms. The van der Waals surface area contributed by atoms with Gasteiger partial charge in [-0.25, -0.2) is 9.37 Å². The molecule has 1 saturated heterocycles. The van der Waals surface area contributed by atoms with Crippen LogP contribution in [0.2, 0.25) is 0 Å². The average molecular weight is 599 g/mol. The minimum Gasteiger partial charge on any atom is -0.392 e. The van der Waals surface area contributed by atoms with Gasteiger partial charge in [-0.3, -0.25) is 14.4 Å². The van der Waals surface area contributed by atoms with Crippen LogP contribution in [-0.4, -0.2) is 55.4 Å². The Hall–Kier alpha value is -4.48. The molecule has 1 amide bonds. The Morgan fingerprint density at radius 2 is 1.95 bits per heavy atom. The average Bonchev–Trinajstić information content (AvgIpc) is 3.61. The molecule has 0 radical (unpaired) electrons. The number of hydrogen-bond donors (Lipinski definition) is 2. The molecule has 228 valence electrons. The van der Waals surface area contributed by atoms with Gasteiger partial charge in [0.25, 0.3) is 11.1 Å². The lowest BCUT2D eigenvalue weighted by atomic mass is 9.86. The number of carbonyl (C=O) groups excluding carboxylic acids is 1. The number of benzene rings is 1. The maximum absolute atomic E-state index is 15.3. The van der Waals surface area contributed by atoms with Gasteiger partial charge in [0, 0.05) is 60.4 Å².